The first kappa shape index (κ1) is 12.9. The van der Waals surface area contributed by atoms with Gasteiger partial charge in [0.15, 0.2) is 0 Å². The number of nitrogens with one attached hydrogen (secondary N) is 1. The quantitative estimate of drug-likeness (QED) is 0.896. The molecule has 98 valence electrons. The van der Waals surface area contributed by atoms with E-state index in [0.717, 1.165) is 12.0 Å². The van der Waals surface area contributed by atoms with E-state index in [1.54, 1.807) is 0 Å². The molecular formula is C14H18FNO2. The SMILES string of the molecule is C[C@@]1(F)CCC[C@H]1NC(=O)OCc1ccccc1. The number of amides is 1. The highest BCUT2D eigenvalue weighted by atomic mass is 19.1. The first-order chi connectivity index (χ1) is 8.58. The van der Waals surface area contributed by atoms with Gasteiger partial charge in [-0.05, 0) is 31.7 Å². The van der Waals surface area contributed by atoms with Crippen molar-refractivity contribution in [3.63, 3.8) is 0 Å². The maximum atomic E-state index is 13.9. The summed E-state index contributed by atoms with van der Waals surface area (Å²) in [5.74, 6) is 0. The summed E-state index contributed by atoms with van der Waals surface area (Å²) in [5.41, 5.74) is -0.395. The van der Waals surface area contributed by atoms with Crippen molar-refractivity contribution in [3.8, 4) is 0 Å². The maximum Gasteiger partial charge on any atom is 0.407 e. The van der Waals surface area contributed by atoms with Crippen LogP contribution in [0, 0.1) is 0 Å². The zero-order valence-electron chi connectivity index (χ0n) is 10.5. The normalized spacial score (nSPS) is 26.9. The van der Waals surface area contributed by atoms with Crippen molar-refractivity contribution >= 4 is 6.09 Å². The van der Waals surface area contributed by atoms with Gasteiger partial charge in [-0.25, -0.2) is 9.18 Å². The first-order valence-electron chi connectivity index (χ1n) is 6.24. The number of alkyl carbamates (subject to hydrolysis) is 1. The van der Waals surface area contributed by atoms with Crippen molar-refractivity contribution in [2.24, 2.45) is 0 Å². The Bertz CT molecular complexity index is 406. The molecule has 3 nitrogen and oxygen atoms in total. The van der Waals surface area contributed by atoms with Gasteiger partial charge in [0.2, 0.25) is 0 Å². The molecule has 1 N–H and O–H groups in total. The van der Waals surface area contributed by atoms with E-state index in [0.29, 0.717) is 12.8 Å². The summed E-state index contributed by atoms with van der Waals surface area (Å²) in [6.45, 7) is 1.74. The van der Waals surface area contributed by atoms with Crippen LogP contribution in [0.4, 0.5) is 9.18 Å². The van der Waals surface area contributed by atoms with Crippen molar-refractivity contribution < 1.29 is 13.9 Å². The Labute approximate surface area is 106 Å². The van der Waals surface area contributed by atoms with Crippen LogP contribution in [0.3, 0.4) is 0 Å². The van der Waals surface area contributed by atoms with Gasteiger partial charge in [-0.15, -0.1) is 0 Å². The van der Waals surface area contributed by atoms with Crippen LogP contribution in [0.15, 0.2) is 30.3 Å². The average Bonchev–Trinajstić information content (AvgIpc) is 2.68. The molecule has 4 heteroatoms. The third-order valence-electron chi connectivity index (χ3n) is 3.39. The van der Waals surface area contributed by atoms with Gasteiger partial charge in [0.25, 0.3) is 0 Å². The summed E-state index contributed by atoms with van der Waals surface area (Å²) < 4.78 is 19.0. The molecule has 1 amide bonds. The third kappa shape index (κ3) is 3.22. The van der Waals surface area contributed by atoms with Gasteiger partial charge >= 0.3 is 6.09 Å². The Morgan fingerprint density at radius 2 is 2.22 bits per heavy atom. The van der Waals surface area contributed by atoms with E-state index in [2.05, 4.69) is 5.32 Å². The third-order valence-corrected chi connectivity index (χ3v) is 3.39. The second-order valence-corrected chi connectivity index (χ2v) is 4.93. The van der Waals surface area contributed by atoms with Gasteiger partial charge in [-0.1, -0.05) is 30.3 Å². The van der Waals surface area contributed by atoms with E-state index in [9.17, 15) is 9.18 Å². The highest BCUT2D eigenvalue weighted by Crippen LogP contribution is 2.33. The van der Waals surface area contributed by atoms with E-state index < -0.39 is 17.8 Å². The summed E-state index contributed by atoms with van der Waals surface area (Å²) in [6.07, 6.45) is 1.43. The molecule has 1 aromatic carbocycles. The lowest BCUT2D eigenvalue weighted by atomic mass is 10.0. The van der Waals surface area contributed by atoms with Gasteiger partial charge < -0.3 is 10.1 Å². The van der Waals surface area contributed by atoms with Crippen molar-refractivity contribution in [3.05, 3.63) is 35.9 Å². The fourth-order valence-corrected chi connectivity index (χ4v) is 2.26. The van der Waals surface area contributed by atoms with Crippen LogP contribution in [0.1, 0.15) is 31.7 Å². The maximum absolute atomic E-state index is 13.9. The minimum atomic E-state index is -1.31. The summed E-state index contributed by atoms with van der Waals surface area (Å²) in [4.78, 5) is 11.6. The molecule has 1 aliphatic rings. The van der Waals surface area contributed by atoms with Gasteiger partial charge in [0, 0.05) is 0 Å². The predicted octanol–water partition coefficient (Wildman–Crippen LogP) is 3.19. The number of carbonyl (C=O) groups excluding carboxylic acids is 1. The van der Waals surface area contributed by atoms with E-state index >= 15 is 0 Å². The van der Waals surface area contributed by atoms with Crippen LogP contribution in [-0.2, 0) is 11.3 Å². The zero-order chi connectivity index (χ0) is 13.0. The fraction of sp³-hybridized carbons (Fsp3) is 0.500. The molecule has 0 bridgehead atoms. The number of rotatable bonds is 3. The van der Waals surface area contributed by atoms with E-state index in [-0.39, 0.29) is 6.61 Å². The predicted molar refractivity (Wildman–Crippen MR) is 66.9 cm³/mol. The molecule has 0 unspecified atom stereocenters. The van der Waals surface area contributed by atoms with Gasteiger partial charge in [0.05, 0.1) is 6.04 Å². The van der Waals surface area contributed by atoms with Crippen molar-refractivity contribution in [2.45, 2.75) is 44.5 Å². The van der Waals surface area contributed by atoms with E-state index in [1.165, 1.54) is 6.92 Å². The minimum absolute atomic E-state index is 0.211. The number of ether oxygens (including phenoxy) is 1. The lowest BCUT2D eigenvalue weighted by Crippen LogP contribution is -2.44. The molecule has 0 radical (unpaired) electrons. The molecule has 1 saturated carbocycles. The summed E-state index contributed by atoms with van der Waals surface area (Å²) in [7, 11) is 0. The molecule has 0 heterocycles. The molecule has 1 fully saturated rings. The van der Waals surface area contributed by atoms with Crippen molar-refractivity contribution in [2.75, 3.05) is 0 Å². The summed E-state index contributed by atoms with van der Waals surface area (Å²) >= 11 is 0. The van der Waals surface area contributed by atoms with Crippen LogP contribution in [0.25, 0.3) is 0 Å². The van der Waals surface area contributed by atoms with Gasteiger partial charge in [-0.3, -0.25) is 0 Å². The highest BCUT2D eigenvalue weighted by molar-refractivity contribution is 5.67. The molecule has 0 spiro atoms. The smallest absolute Gasteiger partial charge is 0.407 e. The Hall–Kier alpha value is -1.58. The number of hydrogen-bond acceptors (Lipinski definition) is 2. The van der Waals surface area contributed by atoms with Crippen LogP contribution in [-0.4, -0.2) is 17.8 Å². The largest absolute Gasteiger partial charge is 0.445 e. The van der Waals surface area contributed by atoms with Crippen molar-refractivity contribution in [1.82, 2.24) is 5.32 Å². The molecule has 0 saturated heterocycles. The number of benzene rings is 1. The monoisotopic (exact) mass is 251 g/mol. The number of alkyl halides is 1. The van der Waals surface area contributed by atoms with Gasteiger partial charge in [-0.2, -0.15) is 0 Å². The fourth-order valence-electron chi connectivity index (χ4n) is 2.26. The molecule has 2 rings (SSSR count). The van der Waals surface area contributed by atoms with Crippen molar-refractivity contribution in [1.29, 1.82) is 0 Å². The van der Waals surface area contributed by atoms with E-state index in [4.69, 9.17) is 4.74 Å². The number of hydrogen-bond donors (Lipinski definition) is 1. The van der Waals surface area contributed by atoms with Gasteiger partial charge in [0.1, 0.15) is 12.3 Å². The molecule has 18 heavy (non-hydrogen) atoms. The average molecular weight is 251 g/mol. The second kappa shape index (κ2) is 5.38. The topological polar surface area (TPSA) is 38.3 Å². The minimum Gasteiger partial charge on any atom is -0.445 e. The van der Waals surface area contributed by atoms with Crippen LogP contribution >= 0.6 is 0 Å². The lowest BCUT2D eigenvalue weighted by Gasteiger charge is -2.23. The molecule has 2 atom stereocenters. The molecule has 0 aliphatic heterocycles. The zero-order valence-corrected chi connectivity index (χ0v) is 10.5. The Balaban J connectivity index is 1.79. The second-order valence-electron chi connectivity index (χ2n) is 4.93. The number of carbonyl (C=O) groups is 1. The Kier molecular flexibility index (Phi) is 3.84. The Morgan fingerprint density at radius 3 is 2.83 bits per heavy atom. The highest BCUT2D eigenvalue weighted by Gasteiger charge is 2.40. The Morgan fingerprint density at radius 1 is 1.50 bits per heavy atom. The van der Waals surface area contributed by atoms with Crippen LogP contribution < -0.4 is 5.32 Å². The summed E-state index contributed by atoms with van der Waals surface area (Å²) in [5, 5.41) is 2.60. The standard InChI is InChI=1S/C14H18FNO2/c1-14(15)9-5-8-12(14)16-13(17)18-10-11-6-3-2-4-7-11/h2-4,6-7,12H,5,8-10H2,1H3,(H,16,17)/t12-,14-/m1/s1. The lowest BCUT2D eigenvalue weighted by molar-refractivity contribution is 0.111. The summed E-state index contributed by atoms with van der Waals surface area (Å²) in [6, 6.07) is 8.99. The molecule has 1 aliphatic carbocycles. The van der Waals surface area contributed by atoms with Crippen LogP contribution in [0.2, 0.25) is 0 Å². The first-order valence-corrected chi connectivity index (χ1v) is 6.24. The van der Waals surface area contributed by atoms with Crippen LogP contribution in [0.5, 0.6) is 0 Å². The molecule has 1 aromatic rings. The number of halogens is 1. The molecule has 0 aromatic heterocycles. The molecular weight excluding hydrogens is 233 g/mol. The van der Waals surface area contributed by atoms with E-state index in [1.807, 2.05) is 30.3 Å².